The number of hydrazine groups is 1. The lowest BCUT2D eigenvalue weighted by Gasteiger charge is -2.42. The van der Waals surface area contributed by atoms with Gasteiger partial charge in [-0.15, -0.1) is 0 Å². The van der Waals surface area contributed by atoms with E-state index >= 15 is 0 Å². The molecule has 5 rings (SSSR count). The Morgan fingerprint density at radius 2 is 2.09 bits per heavy atom. The molecule has 164 valence electrons. The molecule has 1 atom stereocenters. The second kappa shape index (κ2) is 7.44. The molecule has 9 heteroatoms. The lowest BCUT2D eigenvalue weighted by molar-refractivity contribution is 0.0672. The summed E-state index contributed by atoms with van der Waals surface area (Å²) in [5, 5.41) is 9.11. The van der Waals surface area contributed by atoms with E-state index in [4.69, 9.17) is 5.73 Å². The molecule has 2 N–H and O–H groups in total. The monoisotopic (exact) mass is 433 g/mol. The zero-order valence-electron chi connectivity index (χ0n) is 18.2. The van der Waals surface area contributed by atoms with Gasteiger partial charge in [0.05, 0.1) is 22.6 Å². The van der Waals surface area contributed by atoms with Crippen molar-refractivity contribution in [1.82, 2.24) is 24.8 Å². The number of nitrogens with two attached hydrogens (primary N) is 1. The van der Waals surface area contributed by atoms with Crippen molar-refractivity contribution in [3.8, 4) is 0 Å². The van der Waals surface area contributed by atoms with Crippen LogP contribution in [0.25, 0.3) is 21.8 Å². The van der Waals surface area contributed by atoms with E-state index in [9.17, 15) is 9.18 Å². The number of rotatable bonds is 2. The van der Waals surface area contributed by atoms with Crippen molar-refractivity contribution < 1.29 is 9.18 Å². The van der Waals surface area contributed by atoms with Crippen molar-refractivity contribution >= 4 is 39.3 Å². The number of amides is 1. The number of hydrogen-bond acceptors (Lipinski definition) is 6. The second-order valence-corrected chi connectivity index (χ2v) is 8.42. The highest BCUT2D eigenvalue weighted by atomic mass is 19.1. The minimum absolute atomic E-state index is 0.161. The van der Waals surface area contributed by atoms with Gasteiger partial charge >= 0.3 is 0 Å². The molecule has 1 aromatic carbocycles. The average molecular weight is 433 g/mol. The van der Waals surface area contributed by atoms with Crippen LogP contribution in [0.3, 0.4) is 0 Å². The molecule has 0 spiro atoms. The average Bonchev–Trinajstić information content (AvgIpc) is 3.16. The predicted molar refractivity (Wildman–Crippen MR) is 122 cm³/mol. The van der Waals surface area contributed by atoms with Crippen LogP contribution >= 0.6 is 0 Å². The van der Waals surface area contributed by atoms with E-state index in [-0.39, 0.29) is 11.7 Å². The van der Waals surface area contributed by atoms with Crippen LogP contribution in [-0.4, -0.2) is 43.8 Å². The first kappa shape index (κ1) is 20.2. The fraction of sp³-hybridized carbons (Fsp3) is 0.304. The largest absolute Gasteiger partial charge is 0.383 e. The van der Waals surface area contributed by atoms with E-state index in [0.717, 1.165) is 28.3 Å². The van der Waals surface area contributed by atoms with E-state index in [0.29, 0.717) is 35.9 Å². The Hall–Kier alpha value is -3.75. The molecule has 1 unspecified atom stereocenters. The molecular weight excluding hydrogens is 409 g/mol. The van der Waals surface area contributed by atoms with Crippen LogP contribution < -0.4 is 10.7 Å². The maximum atomic E-state index is 14.6. The summed E-state index contributed by atoms with van der Waals surface area (Å²) >= 11 is 0. The standard InChI is InChI=1S/C23H24FN7O/c1-13-6-8-30(31(12-13)22-18(24)5-4-7-26-22)23(32)15-10-16-19(9-14(15)2)28-21(25)17-11-27-29(3)20(16)17/h4-5,7,9-11,13H,6,8,12H2,1-3H3,(H2,25,28). The van der Waals surface area contributed by atoms with Crippen LogP contribution in [0.1, 0.15) is 29.3 Å². The van der Waals surface area contributed by atoms with Gasteiger partial charge in [0.25, 0.3) is 5.91 Å². The second-order valence-electron chi connectivity index (χ2n) is 8.42. The van der Waals surface area contributed by atoms with Crippen molar-refractivity contribution in [1.29, 1.82) is 0 Å². The molecular formula is C23H24FN7O. The number of hydrogen-bond donors (Lipinski definition) is 1. The van der Waals surface area contributed by atoms with Gasteiger partial charge in [0, 0.05) is 37.3 Å². The number of fused-ring (bicyclic) bond motifs is 3. The first-order valence-corrected chi connectivity index (χ1v) is 10.6. The van der Waals surface area contributed by atoms with Gasteiger partial charge in [-0.25, -0.2) is 19.4 Å². The van der Waals surface area contributed by atoms with E-state index in [1.807, 2.05) is 26.1 Å². The molecule has 8 nitrogen and oxygen atoms in total. The van der Waals surface area contributed by atoms with Crippen molar-refractivity contribution in [3.05, 3.63) is 53.6 Å². The Balaban J connectivity index is 1.64. The Morgan fingerprint density at radius 3 is 2.88 bits per heavy atom. The minimum atomic E-state index is -0.453. The molecule has 4 heterocycles. The Labute approximate surface area is 184 Å². The number of benzene rings is 1. The Bertz CT molecular complexity index is 1370. The SMILES string of the molecule is Cc1cc2nc(N)c3cnn(C)c3c2cc1C(=O)N1CCC(C)CN1c1ncccc1F. The normalized spacial score (nSPS) is 16.8. The summed E-state index contributed by atoms with van der Waals surface area (Å²) in [6, 6.07) is 6.61. The topological polar surface area (TPSA) is 93.2 Å². The molecule has 1 aliphatic rings. The van der Waals surface area contributed by atoms with Crippen LogP contribution in [0.2, 0.25) is 0 Å². The molecule has 0 aliphatic carbocycles. The van der Waals surface area contributed by atoms with Gasteiger partial charge in [-0.1, -0.05) is 6.92 Å². The number of nitrogen functional groups attached to an aromatic ring is 1. The molecule has 0 saturated carbocycles. The van der Waals surface area contributed by atoms with Crippen LogP contribution in [0.4, 0.5) is 16.0 Å². The molecule has 1 saturated heterocycles. The third kappa shape index (κ3) is 3.12. The Kier molecular flexibility index (Phi) is 4.69. The van der Waals surface area contributed by atoms with Crippen molar-refractivity contribution in [2.75, 3.05) is 23.8 Å². The first-order chi connectivity index (χ1) is 15.3. The lowest BCUT2D eigenvalue weighted by Crippen LogP contribution is -2.53. The van der Waals surface area contributed by atoms with Gasteiger partial charge in [-0.2, -0.15) is 5.10 Å². The summed E-state index contributed by atoms with van der Waals surface area (Å²) in [7, 11) is 1.83. The molecule has 4 aromatic rings. The molecule has 3 aromatic heterocycles. The fourth-order valence-electron chi connectivity index (χ4n) is 4.41. The summed E-state index contributed by atoms with van der Waals surface area (Å²) in [5.41, 5.74) is 8.95. The Morgan fingerprint density at radius 1 is 1.28 bits per heavy atom. The third-order valence-corrected chi connectivity index (χ3v) is 6.11. The highest BCUT2D eigenvalue weighted by molar-refractivity contribution is 6.10. The summed E-state index contributed by atoms with van der Waals surface area (Å²) in [5.74, 6) is 0.217. The van der Waals surface area contributed by atoms with Crippen molar-refractivity contribution in [2.24, 2.45) is 13.0 Å². The molecule has 1 amide bonds. The summed E-state index contributed by atoms with van der Waals surface area (Å²) < 4.78 is 16.3. The summed E-state index contributed by atoms with van der Waals surface area (Å²) in [4.78, 5) is 22.5. The van der Waals surface area contributed by atoms with E-state index in [2.05, 4.69) is 22.0 Å². The molecule has 0 radical (unpaired) electrons. The smallest absolute Gasteiger partial charge is 0.272 e. The molecule has 0 bridgehead atoms. The van der Waals surface area contributed by atoms with E-state index < -0.39 is 5.82 Å². The fourth-order valence-corrected chi connectivity index (χ4v) is 4.41. The quantitative estimate of drug-likeness (QED) is 0.521. The maximum Gasteiger partial charge on any atom is 0.272 e. The highest BCUT2D eigenvalue weighted by Gasteiger charge is 2.32. The number of pyridine rings is 2. The van der Waals surface area contributed by atoms with Gasteiger partial charge < -0.3 is 5.73 Å². The van der Waals surface area contributed by atoms with E-state index in [1.54, 1.807) is 27.0 Å². The van der Waals surface area contributed by atoms with Crippen LogP contribution in [0.5, 0.6) is 0 Å². The van der Waals surface area contributed by atoms with Crippen LogP contribution in [0.15, 0.2) is 36.7 Å². The van der Waals surface area contributed by atoms with Gasteiger partial charge in [0.15, 0.2) is 11.6 Å². The number of halogens is 1. The third-order valence-electron chi connectivity index (χ3n) is 6.11. The number of aromatic nitrogens is 4. The summed E-state index contributed by atoms with van der Waals surface area (Å²) in [6.45, 7) is 4.95. The van der Waals surface area contributed by atoms with Crippen LogP contribution in [0, 0.1) is 18.7 Å². The predicted octanol–water partition coefficient (Wildman–Crippen LogP) is 3.45. The number of aryl methyl sites for hydroxylation is 2. The van der Waals surface area contributed by atoms with Gasteiger partial charge in [0.1, 0.15) is 5.82 Å². The van der Waals surface area contributed by atoms with Gasteiger partial charge in [-0.05, 0) is 49.1 Å². The zero-order chi connectivity index (χ0) is 22.6. The van der Waals surface area contributed by atoms with Gasteiger partial charge in [-0.3, -0.25) is 14.5 Å². The maximum absolute atomic E-state index is 14.6. The molecule has 1 fully saturated rings. The molecule has 32 heavy (non-hydrogen) atoms. The van der Waals surface area contributed by atoms with Crippen LogP contribution in [-0.2, 0) is 7.05 Å². The number of carbonyl (C=O) groups excluding carboxylic acids is 1. The van der Waals surface area contributed by atoms with Crippen molar-refractivity contribution in [2.45, 2.75) is 20.3 Å². The lowest BCUT2D eigenvalue weighted by atomic mass is 10.0. The minimum Gasteiger partial charge on any atom is -0.383 e. The zero-order valence-corrected chi connectivity index (χ0v) is 18.2. The summed E-state index contributed by atoms with van der Waals surface area (Å²) in [6.07, 6.45) is 4.04. The number of carbonyl (C=O) groups is 1. The van der Waals surface area contributed by atoms with E-state index in [1.165, 1.54) is 12.3 Å². The highest BCUT2D eigenvalue weighted by Crippen LogP contribution is 2.31. The first-order valence-electron chi connectivity index (χ1n) is 10.6. The number of anilines is 2. The van der Waals surface area contributed by atoms with Crippen molar-refractivity contribution in [3.63, 3.8) is 0 Å². The molecule has 1 aliphatic heterocycles. The number of nitrogens with zero attached hydrogens (tertiary/aromatic N) is 6. The van der Waals surface area contributed by atoms with Gasteiger partial charge in [0.2, 0.25) is 0 Å².